The number of alkyl halides is 9. The van der Waals surface area contributed by atoms with Gasteiger partial charge in [-0.3, -0.25) is 14.4 Å². The van der Waals surface area contributed by atoms with Gasteiger partial charge in [-0.05, 0) is 112 Å². The van der Waals surface area contributed by atoms with Crippen molar-refractivity contribution in [3.8, 4) is 46.1 Å². The molecule has 6 fully saturated rings. The van der Waals surface area contributed by atoms with Crippen LogP contribution in [0.5, 0.6) is 17.6 Å². The molecule has 12 heterocycles. The molecule has 19 nitrogen and oxygen atoms in total. The molecular weight excluding hydrogens is 1300 g/mol. The zero-order valence-electron chi connectivity index (χ0n) is 51.5. The highest BCUT2D eigenvalue weighted by Crippen LogP contribution is 2.45. The molecule has 30 heteroatoms. The highest BCUT2D eigenvalue weighted by atomic mass is 19.4. The second-order valence-electron chi connectivity index (χ2n) is 24.1. The van der Waals surface area contributed by atoms with Gasteiger partial charge in [-0.2, -0.15) is 54.5 Å². The van der Waals surface area contributed by atoms with Crippen LogP contribution in [0.15, 0.2) is 159 Å². The molecule has 9 atom stereocenters. The zero-order chi connectivity index (χ0) is 68.8. The van der Waals surface area contributed by atoms with E-state index in [0.717, 1.165) is 68.0 Å². The Morgan fingerprint density at radius 2 is 0.857 bits per heavy atom. The van der Waals surface area contributed by atoms with Crippen molar-refractivity contribution in [3.05, 3.63) is 209 Å². The van der Waals surface area contributed by atoms with E-state index in [0.29, 0.717) is 60.3 Å². The predicted molar refractivity (Wildman–Crippen MR) is 325 cm³/mol. The average molecular weight is 1360 g/mol. The largest absolute Gasteiger partial charge is 0.472 e. The van der Waals surface area contributed by atoms with Gasteiger partial charge in [0.05, 0.1) is 63.9 Å². The van der Waals surface area contributed by atoms with Crippen LogP contribution in [-0.4, -0.2) is 137 Å². The molecule has 6 aliphatic rings. The van der Waals surface area contributed by atoms with E-state index in [1.807, 2.05) is 24.0 Å². The first-order valence-electron chi connectivity index (χ1n) is 31.1. The van der Waals surface area contributed by atoms with Crippen LogP contribution in [0.4, 0.5) is 48.3 Å². The normalized spacial score (nSPS) is 22.1. The molecule has 98 heavy (non-hydrogen) atoms. The van der Waals surface area contributed by atoms with Crippen LogP contribution in [0.1, 0.15) is 111 Å². The number of amides is 3. The van der Waals surface area contributed by atoms with Gasteiger partial charge in [-0.1, -0.05) is 24.3 Å². The Hall–Kier alpha value is -10.6. The third-order valence-electron chi connectivity index (χ3n) is 18.3. The quantitative estimate of drug-likeness (QED) is 0.104. The van der Waals surface area contributed by atoms with Crippen molar-refractivity contribution < 1.29 is 76.9 Å². The number of para-hydroxylation sites is 1. The molecular formula is C68H56F11N13O6. The Balaban J connectivity index is 0.000000132. The summed E-state index contributed by atoms with van der Waals surface area (Å²) in [4.78, 5) is 75.2. The van der Waals surface area contributed by atoms with Gasteiger partial charge < -0.3 is 28.9 Å². The van der Waals surface area contributed by atoms with Gasteiger partial charge in [0, 0.05) is 110 Å². The first kappa shape index (κ1) is 66.1. The van der Waals surface area contributed by atoms with Crippen molar-refractivity contribution in [3.63, 3.8) is 0 Å². The van der Waals surface area contributed by atoms with E-state index in [-0.39, 0.29) is 88.8 Å². The first-order valence-corrected chi connectivity index (χ1v) is 31.1. The van der Waals surface area contributed by atoms with E-state index >= 15 is 0 Å². The number of aromatic nitrogens is 10. The molecule has 0 spiro atoms. The predicted octanol–water partition coefficient (Wildman–Crippen LogP) is 12.9. The molecule has 3 aromatic carbocycles. The summed E-state index contributed by atoms with van der Waals surface area (Å²) < 4.78 is 162. The van der Waals surface area contributed by atoms with Gasteiger partial charge in [0.2, 0.25) is 17.6 Å². The number of hydrogen-bond donors (Lipinski definition) is 0. The maximum Gasteiger partial charge on any atom is 0.417 e. The van der Waals surface area contributed by atoms with E-state index < -0.39 is 65.0 Å². The Kier molecular flexibility index (Phi) is 18.1. The number of carbonyl (C=O) groups excluding carboxylic acids is 3. The number of hydrogen-bond acceptors (Lipinski definition) is 15. The van der Waals surface area contributed by atoms with E-state index in [1.54, 1.807) is 58.9 Å². The molecule has 6 aliphatic heterocycles. The van der Waals surface area contributed by atoms with Crippen molar-refractivity contribution in [1.29, 1.82) is 0 Å². The number of aryl methyl sites for hydroxylation is 1. The second-order valence-corrected chi connectivity index (χ2v) is 24.1. The number of nitrogens with zero attached hydrogens (tertiary/aromatic N) is 13. The molecule has 0 aliphatic carbocycles. The van der Waals surface area contributed by atoms with Crippen molar-refractivity contribution in [2.75, 3.05) is 0 Å². The highest BCUT2D eigenvalue weighted by Gasteiger charge is 2.54. The average Bonchev–Trinajstić information content (AvgIpc) is 1.60. The molecule has 6 aromatic heterocycles. The number of rotatable bonds is 12. The SMILES string of the molecule is Cc1cccc(C(=O)N2C3CCC2C(Oc2ccc(C(F)(F)F)cn2)C3)c1-n1nccn1.O=C(c1c(F)cccc1-c1ncccn1)N1C2CCC1C(Oc1ccc(C(F)(F)F)cn1)C2.O=C(c1cc(F)ccc1-c1ncccn1)N1C2CCC1C(Oc1ccc(C(F)(F)F)cn1)C2. The summed E-state index contributed by atoms with van der Waals surface area (Å²) in [5.41, 5.74) is 0.247. The van der Waals surface area contributed by atoms with Crippen molar-refractivity contribution >= 4 is 17.7 Å². The third-order valence-corrected chi connectivity index (χ3v) is 18.3. The lowest BCUT2D eigenvalue weighted by atomic mass is 9.98. The molecule has 6 saturated heterocycles. The third kappa shape index (κ3) is 13.5. The molecule has 3 amide bonds. The van der Waals surface area contributed by atoms with Gasteiger partial charge in [0.1, 0.15) is 35.6 Å². The maximum absolute atomic E-state index is 14.9. The zero-order valence-corrected chi connectivity index (χ0v) is 51.5. The Labute approximate surface area is 550 Å². The fourth-order valence-electron chi connectivity index (χ4n) is 14.0. The van der Waals surface area contributed by atoms with E-state index in [2.05, 4.69) is 45.1 Å². The maximum atomic E-state index is 14.9. The van der Waals surface area contributed by atoms with E-state index in [4.69, 9.17) is 14.2 Å². The first-order chi connectivity index (χ1) is 47.0. The van der Waals surface area contributed by atoms with E-state index in [1.165, 1.54) is 65.7 Å². The summed E-state index contributed by atoms with van der Waals surface area (Å²) in [5.74, 6) is -1.37. The summed E-state index contributed by atoms with van der Waals surface area (Å²) in [7, 11) is 0. The van der Waals surface area contributed by atoms with Crippen LogP contribution in [0.3, 0.4) is 0 Å². The summed E-state index contributed by atoms with van der Waals surface area (Å²) in [6.45, 7) is 1.90. The van der Waals surface area contributed by atoms with Gasteiger partial charge in [0.25, 0.3) is 17.7 Å². The van der Waals surface area contributed by atoms with Crippen LogP contribution in [0.25, 0.3) is 28.5 Å². The second kappa shape index (κ2) is 26.8. The number of fused-ring (bicyclic) bond motifs is 6. The lowest BCUT2D eigenvalue weighted by molar-refractivity contribution is -0.138. The molecule has 0 N–H and O–H groups in total. The molecule has 0 saturated carbocycles. The van der Waals surface area contributed by atoms with Crippen LogP contribution in [0, 0.1) is 18.6 Å². The van der Waals surface area contributed by atoms with Crippen molar-refractivity contribution in [1.82, 2.24) is 64.6 Å². The molecule has 6 bridgehead atoms. The Morgan fingerprint density at radius 1 is 0.439 bits per heavy atom. The molecule has 9 unspecified atom stereocenters. The minimum absolute atomic E-state index is 0.00545. The number of halogens is 11. The van der Waals surface area contributed by atoms with Gasteiger partial charge in [-0.25, -0.2) is 43.7 Å². The monoisotopic (exact) mass is 1360 g/mol. The van der Waals surface area contributed by atoms with Crippen LogP contribution in [0.2, 0.25) is 0 Å². The number of pyridine rings is 3. The Bertz CT molecular complexity index is 4350. The van der Waals surface area contributed by atoms with Gasteiger partial charge in [-0.15, -0.1) is 0 Å². The summed E-state index contributed by atoms with van der Waals surface area (Å²) in [6, 6.07) is 22.3. The molecule has 506 valence electrons. The Morgan fingerprint density at radius 3 is 1.29 bits per heavy atom. The van der Waals surface area contributed by atoms with Gasteiger partial charge >= 0.3 is 18.5 Å². The lowest BCUT2D eigenvalue weighted by Crippen LogP contribution is -2.40. The van der Waals surface area contributed by atoms with Crippen molar-refractivity contribution in [2.45, 2.75) is 138 Å². The molecule has 9 aromatic rings. The lowest BCUT2D eigenvalue weighted by Gasteiger charge is -2.25. The van der Waals surface area contributed by atoms with E-state index in [9.17, 15) is 62.7 Å². The summed E-state index contributed by atoms with van der Waals surface area (Å²) >= 11 is 0. The van der Waals surface area contributed by atoms with Crippen LogP contribution >= 0.6 is 0 Å². The fourth-order valence-corrected chi connectivity index (χ4v) is 14.0. The molecule has 15 rings (SSSR count). The number of ether oxygens (including phenoxy) is 3. The fraction of sp³-hybridized carbons (Fsp3) is 0.324. The minimum Gasteiger partial charge on any atom is -0.472 e. The topological polar surface area (TPSA) is 210 Å². The number of benzene rings is 3. The molecule has 0 radical (unpaired) electrons. The van der Waals surface area contributed by atoms with Crippen LogP contribution in [-0.2, 0) is 18.5 Å². The minimum atomic E-state index is -4.49. The van der Waals surface area contributed by atoms with Crippen LogP contribution < -0.4 is 14.2 Å². The van der Waals surface area contributed by atoms with Gasteiger partial charge in [0.15, 0.2) is 11.6 Å². The summed E-state index contributed by atoms with van der Waals surface area (Å²) in [5, 5.41) is 8.38. The highest BCUT2D eigenvalue weighted by molar-refractivity contribution is 6.02. The smallest absolute Gasteiger partial charge is 0.417 e. The van der Waals surface area contributed by atoms with Crippen molar-refractivity contribution in [2.24, 2.45) is 0 Å². The number of carbonyl (C=O) groups is 3. The standard InChI is InChI=1S/2C23H18F4N4O2.C22H20F3N5O2/c24-14-3-5-16(21-28-8-1-9-29-21)17(10-14)22(32)31-15-4-6-18(31)19(11-15)33-20-7-2-13(12-30-20)23(25,26)27;24-16-4-1-3-15(21-28-9-2-10-29-21)20(16)22(32)31-14-6-7-17(31)18(11-14)33-19-8-5-13(12-30-19)23(25,26)27;1-13-3-2-4-16(20(13)30-27-9-10-28-30)21(31)29-15-6-7-17(29)18(11-15)32-19-8-5-14(12-26-19)22(23,24)25/h1-3,5,7-10,12,15,18-19H,4,6,11H2;1-5,8-10,12,14,17-18H,6-7,11H2;2-5,8-10,12,15,17-18H,6-7,11H2,1H3. The summed E-state index contributed by atoms with van der Waals surface area (Å²) in [6.07, 6.45) is 2.92.